The summed E-state index contributed by atoms with van der Waals surface area (Å²) in [7, 11) is 0. The van der Waals surface area contributed by atoms with Crippen LogP contribution in [0.3, 0.4) is 0 Å². The second-order valence-electron chi connectivity index (χ2n) is 4.75. The predicted molar refractivity (Wildman–Crippen MR) is 83.2 cm³/mol. The summed E-state index contributed by atoms with van der Waals surface area (Å²) in [5.74, 6) is 1.78. The lowest BCUT2D eigenvalue weighted by Crippen LogP contribution is -2.37. The van der Waals surface area contributed by atoms with Crippen molar-refractivity contribution in [2.24, 2.45) is 0 Å². The predicted octanol–water partition coefficient (Wildman–Crippen LogP) is 3.55. The summed E-state index contributed by atoms with van der Waals surface area (Å²) >= 11 is 3.75. The number of thiazole rings is 1. The molecule has 0 amide bonds. The van der Waals surface area contributed by atoms with Crippen molar-refractivity contribution in [1.29, 1.82) is 0 Å². The van der Waals surface area contributed by atoms with Crippen molar-refractivity contribution in [3.63, 3.8) is 0 Å². The first kappa shape index (κ1) is 13.2. The summed E-state index contributed by atoms with van der Waals surface area (Å²) < 4.78 is 0. The fourth-order valence-electron chi connectivity index (χ4n) is 2.68. The van der Waals surface area contributed by atoms with Gasteiger partial charge in [-0.3, -0.25) is 0 Å². The van der Waals surface area contributed by atoms with Crippen molar-refractivity contribution in [3.8, 4) is 0 Å². The van der Waals surface area contributed by atoms with Crippen LogP contribution in [0.4, 0.5) is 0 Å². The van der Waals surface area contributed by atoms with E-state index in [1.165, 1.54) is 21.2 Å². The van der Waals surface area contributed by atoms with Crippen LogP contribution in [0, 0.1) is 0 Å². The maximum Gasteiger partial charge on any atom is 0.0940 e. The Bertz CT molecular complexity index is 525. The molecular weight excluding hydrogens is 272 g/mol. The van der Waals surface area contributed by atoms with E-state index in [1.807, 2.05) is 18.0 Å². The number of nitrogens with one attached hydrogen (secondary N) is 1. The van der Waals surface area contributed by atoms with Gasteiger partial charge in [-0.05, 0) is 18.2 Å². The molecule has 0 spiro atoms. The molecule has 4 heteroatoms. The largest absolute Gasteiger partial charge is 0.313 e. The molecule has 0 radical (unpaired) electrons. The molecule has 2 heterocycles. The molecule has 2 atom stereocenters. The van der Waals surface area contributed by atoms with Gasteiger partial charge in [0.05, 0.1) is 5.01 Å². The van der Waals surface area contributed by atoms with Gasteiger partial charge in [0.1, 0.15) is 0 Å². The standard InChI is InChI=1S/C15H18N2S2/c1-2-16-13(9-15-17-7-8-18-15)12-10-19-14-6-4-3-5-11(12)14/h3-8,12-13,16H,2,9-10H2,1H3. The van der Waals surface area contributed by atoms with Gasteiger partial charge in [-0.25, -0.2) is 4.98 Å². The highest BCUT2D eigenvalue weighted by molar-refractivity contribution is 7.99. The molecule has 3 rings (SSSR count). The first-order chi connectivity index (χ1) is 9.38. The van der Waals surface area contributed by atoms with E-state index in [1.54, 1.807) is 11.3 Å². The van der Waals surface area contributed by atoms with Gasteiger partial charge in [-0.1, -0.05) is 25.1 Å². The van der Waals surface area contributed by atoms with Crippen molar-refractivity contribution in [1.82, 2.24) is 10.3 Å². The van der Waals surface area contributed by atoms with E-state index < -0.39 is 0 Å². The third-order valence-electron chi connectivity index (χ3n) is 3.57. The van der Waals surface area contributed by atoms with Crippen molar-refractivity contribution >= 4 is 23.1 Å². The second kappa shape index (κ2) is 6.07. The highest BCUT2D eigenvalue weighted by atomic mass is 32.2. The lowest BCUT2D eigenvalue weighted by molar-refractivity contribution is 0.462. The van der Waals surface area contributed by atoms with Crippen LogP contribution in [0.25, 0.3) is 0 Å². The number of hydrogen-bond acceptors (Lipinski definition) is 4. The quantitative estimate of drug-likeness (QED) is 0.911. The monoisotopic (exact) mass is 290 g/mol. The summed E-state index contributed by atoms with van der Waals surface area (Å²) in [5.41, 5.74) is 1.51. The fraction of sp³-hybridized carbons (Fsp3) is 0.400. The zero-order valence-electron chi connectivity index (χ0n) is 11.0. The Balaban J connectivity index is 1.81. The minimum atomic E-state index is 0.493. The van der Waals surface area contributed by atoms with Gasteiger partial charge in [-0.15, -0.1) is 23.1 Å². The van der Waals surface area contributed by atoms with Gasteiger partial charge in [0.2, 0.25) is 0 Å². The summed E-state index contributed by atoms with van der Waals surface area (Å²) in [5, 5.41) is 6.96. The SMILES string of the molecule is CCNC(Cc1nccs1)C1CSc2ccccc21. The highest BCUT2D eigenvalue weighted by Gasteiger charge is 2.30. The van der Waals surface area contributed by atoms with E-state index in [4.69, 9.17) is 0 Å². The van der Waals surface area contributed by atoms with Gasteiger partial charge < -0.3 is 5.32 Å². The Labute approximate surface area is 122 Å². The Morgan fingerprint density at radius 2 is 2.32 bits per heavy atom. The molecule has 1 aromatic carbocycles. The van der Waals surface area contributed by atoms with Crippen molar-refractivity contribution in [2.75, 3.05) is 12.3 Å². The van der Waals surface area contributed by atoms with E-state index >= 15 is 0 Å². The van der Waals surface area contributed by atoms with Gasteiger partial charge in [0, 0.05) is 40.6 Å². The molecular formula is C15H18N2S2. The average molecular weight is 290 g/mol. The van der Waals surface area contributed by atoms with Crippen LogP contribution in [0.15, 0.2) is 40.7 Å². The van der Waals surface area contributed by atoms with E-state index in [2.05, 4.69) is 46.9 Å². The van der Waals surface area contributed by atoms with Crippen LogP contribution in [-0.2, 0) is 6.42 Å². The van der Waals surface area contributed by atoms with Crippen LogP contribution in [0.2, 0.25) is 0 Å². The number of nitrogens with zero attached hydrogens (tertiary/aromatic N) is 1. The number of aromatic nitrogens is 1. The van der Waals surface area contributed by atoms with Crippen LogP contribution < -0.4 is 5.32 Å². The normalized spacial score (nSPS) is 19.3. The maximum atomic E-state index is 4.44. The molecule has 1 aliphatic heterocycles. The molecule has 0 fully saturated rings. The number of benzene rings is 1. The van der Waals surface area contributed by atoms with Gasteiger partial charge in [0.25, 0.3) is 0 Å². The van der Waals surface area contributed by atoms with Gasteiger partial charge >= 0.3 is 0 Å². The van der Waals surface area contributed by atoms with E-state index in [0.29, 0.717) is 12.0 Å². The first-order valence-corrected chi connectivity index (χ1v) is 8.58. The Kier molecular flexibility index (Phi) is 4.21. The summed E-state index contributed by atoms with van der Waals surface area (Å²) in [6.07, 6.45) is 2.94. The Hall–Kier alpha value is -0.840. The summed E-state index contributed by atoms with van der Waals surface area (Å²) in [4.78, 5) is 5.89. The molecule has 0 saturated carbocycles. The summed E-state index contributed by atoms with van der Waals surface area (Å²) in [6.45, 7) is 3.20. The van der Waals surface area contributed by atoms with Gasteiger partial charge in [-0.2, -0.15) is 0 Å². The topological polar surface area (TPSA) is 24.9 Å². The lowest BCUT2D eigenvalue weighted by Gasteiger charge is -2.24. The second-order valence-corrected chi connectivity index (χ2v) is 6.79. The van der Waals surface area contributed by atoms with Crippen molar-refractivity contribution in [3.05, 3.63) is 46.4 Å². The first-order valence-electron chi connectivity index (χ1n) is 6.72. The third-order valence-corrected chi connectivity index (χ3v) is 5.58. The van der Waals surface area contributed by atoms with Crippen molar-refractivity contribution in [2.45, 2.75) is 30.2 Å². The molecule has 2 unspecified atom stereocenters. The molecule has 19 heavy (non-hydrogen) atoms. The van der Waals surface area contributed by atoms with E-state index in [0.717, 1.165) is 13.0 Å². The number of rotatable bonds is 5. The molecule has 1 aliphatic rings. The number of hydrogen-bond donors (Lipinski definition) is 1. The molecule has 0 aliphatic carbocycles. The smallest absolute Gasteiger partial charge is 0.0940 e. The minimum Gasteiger partial charge on any atom is -0.313 e. The summed E-state index contributed by atoms with van der Waals surface area (Å²) in [6, 6.07) is 9.31. The van der Waals surface area contributed by atoms with Crippen LogP contribution in [0.1, 0.15) is 23.4 Å². The zero-order chi connectivity index (χ0) is 13.1. The minimum absolute atomic E-state index is 0.493. The number of likely N-dealkylation sites (N-methyl/N-ethyl adjacent to an activating group) is 1. The third kappa shape index (κ3) is 2.86. The molecule has 2 nitrogen and oxygen atoms in total. The van der Waals surface area contributed by atoms with Crippen LogP contribution >= 0.6 is 23.1 Å². The average Bonchev–Trinajstić information content (AvgIpc) is 3.07. The lowest BCUT2D eigenvalue weighted by atomic mass is 9.91. The van der Waals surface area contributed by atoms with E-state index in [-0.39, 0.29) is 0 Å². The molecule has 1 N–H and O–H groups in total. The Morgan fingerprint density at radius 1 is 1.42 bits per heavy atom. The van der Waals surface area contributed by atoms with Gasteiger partial charge in [0.15, 0.2) is 0 Å². The highest BCUT2D eigenvalue weighted by Crippen LogP contribution is 2.41. The zero-order valence-corrected chi connectivity index (χ0v) is 12.6. The Morgan fingerprint density at radius 3 is 3.11 bits per heavy atom. The molecule has 0 saturated heterocycles. The van der Waals surface area contributed by atoms with Crippen LogP contribution in [-0.4, -0.2) is 23.3 Å². The van der Waals surface area contributed by atoms with E-state index in [9.17, 15) is 0 Å². The number of fused-ring (bicyclic) bond motifs is 1. The number of thioether (sulfide) groups is 1. The van der Waals surface area contributed by atoms with Crippen LogP contribution in [0.5, 0.6) is 0 Å². The fourth-order valence-corrected chi connectivity index (χ4v) is 4.69. The molecule has 100 valence electrons. The maximum absolute atomic E-state index is 4.44. The van der Waals surface area contributed by atoms with Crippen molar-refractivity contribution < 1.29 is 0 Å². The molecule has 1 aromatic heterocycles. The molecule has 0 bridgehead atoms. The molecule has 2 aromatic rings.